The van der Waals surface area contributed by atoms with E-state index in [9.17, 15) is 9.59 Å². The number of hydrogen-bond acceptors (Lipinski definition) is 3. The molecule has 4 rings (SSSR count). The van der Waals surface area contributed by atoms with Crippen LogP contribution in [0.3, 0.4) is 0 Å². The Labute approximate surface area is 202 Å². The van der Waals surface area contributed by atoms with E-state index < -0.39 is 0 Å². The highest BCUT2D eigenvalue weighted by molar-refractivity contribution is 5.95. The van der Waals surface area contributed by atoms with Gasteiger partial charge in [0.2, 0.25) is 5.91 Å². The number of carbonyl (C=O) groups excluding carboxylic acids is 2. The van der Waals surface area contributed by atoms with Crippen molar-refractivity contribution in [2.24, 2.45) is 5.92 Å². The number of nitrogens with zero attached hydrogens (tertiary/aromatic N) is 3. The molecule has 34 heavy (non-hydrogen) atoms. The Morgan fingerprint density at radius 1 is 1.03 bits per heavy atom. The highest BCUT2D eigenvalue weighted by atomic mass is 16.2. The monoisotopic (exact) mass is 458 g/mol. The van der Waals surface area contributed by atoms with Gasteiger partial charge in [0, 0.05) is 31.7 Å². The molecule has 1 atom stereocenters. The summed E-state index contributed by atoms with van der Waals surface area (Å²) in [7, 11) is 0. The molecular formula is C28H34N4O2. The summed E-state index contributed by atoms with van der Waals surface area (Å²) in [5, 5.41) is 7.68. The molecule has 6 nitrogen and oxygen atoms in total. The summed E-state index contributed by atoms with van der Waals surface area (Å²) in [5.74, 6) is 0.459. The van der Waals surface area contributed by atoms with Crippen molar-refractivity contribution >= 4 is 11.8 Å². The first-order chi connectivity index (χ1) is 16.5. The molecule has 2 aromatic carbocycles. The van der Waals surface area contributed by atoms with Crippen LogP contribution in [-0.2, 0) is 11.2 Å². The van der Waals surface area contributed by atoms with Crippen molar-refractivity contribution in [3.63, 3.8) is 0 Å². The van der Waals surface area contributed by atoms with Crippen molar-refractivity contribution in [2.45, 2.75) is 52.0 Å². The second-order valence-electron chi connectivity index (χ2n) is 9.34. The molecule has 1 N–H and O–H groups in total. The molecule has 1 aliphatic heterocycles. The molecule has 178 valence electrons. The maximum Gasteiger partial charge on any atom is 0.257 e. The Kier molecular flexibility index (Phi) is 7.78. The van der Waals surface area contributed by atoms with Crippen LogP contribution in [-0.4, -0.2) is 45.6 Å². The van der Waals surface area contributed by atoms with E-state index in [4.69, 9.17) is 0 Å². The van der Waals surface area contributed by atoms with Crippen LogP contribution in [0.15, 0.2) is 66.9 Å². The fraction of sp³-hybridized carbons (Fsp3) is 0.393. The quantitative estimate of drug-likeness (QED) is 0.538. The van der Waals surface area contributed by atoms with E-state index >= 15 is 0 Å². The Morgan fingerprint density at radius 2 is 1.68 bits per heavy atom. The standard InChI is InChI=1S/C28H34N4O2/c1-21(13-14-23-9-5-3-6-10-23)29-27(33)19-24-15-17-31(18-16-24)28(34)26-20-32(30-22(26)2)25-11-7-4-8-12-25/h3-12,20-21,24H,13-19H2,1-2H3,(H,29,33). The largest absolute Gasteiger partial charge is 0.354 e. The third kappa shape index (κ3) is 6.13. The lowest BCUT2D eigenvalue weighted by Crippen LogP contribution is -2.40. The molecular weight excluding hydrogens is 424 g/mol. The third-order valence-electron chi connectivity index (χ3n) is 6.64. The Morgan fingerprint density at radius 3 is 2.35 bits per heavy atom. The number of hydrogen-bond donors (Lipinski definition) is 1. The van der Waals surface area contributed by atoms with E-state index in [-0.39, 0.29) is 17.9 Å². The van der Waals surface area contributed by atoms with E-state index in [2.05, 4.69) is 29.5 Å². The maximum absolute atomic E-state index is 13.1. The molecule has 0 saturated carbocycles. The van der Waals surface area contributed by atoms with Gasteiger partial charge in [-0.1, -0.05) is 48.5 Å². The number of likely N-dealkylation sites (tertiary alicyclic amines) is 1. The van der Waals surface area contributed by atoms with Gasteiger partial charge in [0.15, 0.2) is 0 Å². The second kappa shape index (κ2) is 11.1. The Balaban J connectivity index is 1.23. The normalized spacial score (nSPS) is 15.2. The number of aryl methyl sites for hydroxylation is 2. The first kappa shape index (κ1) is 23.7. The number of carbonyl (C=O) groups is 2. The highest BCUT2D eigenvalue weighted by Gasteiger charge is 2.27. The summed E-state index contributed by atoms with van der Waals surface area (Å²) in [6.07, 6.45) is 5.95. The topological polar surface area (TPSA) is 67.2 Å². The predicted octanol–water partition coefficient (Wildman–Crippen LogP) is 4.56. The second-order valence-corrected chi connectivity index (χ2v) is 9.34. The zero-order chi connectivity index (χ0) is 23.9. The lowest BCUT2D eigenvalue weighted by Gasteiger charge is -2.32. The van der Waals surface area contributed by atoms with Gasteiger partial charge < -0.3 is 10.2 Å². The summed E-state index contributed by atoms with van der Waals surface area (Å²) in [6, 6.07) is 20.3. The van der Waals surface area contributed by atoms with Crippen LogP contribution in [0.4, 0.5) is 0 Å². The van der Waals surface area contributed by atoms with Crippen molar-refractivity contribution < 1.29 is 9.59 Å². The maximum atomic E-state index is 13.1. The Hall–Kier alpha value is -3.41. The number of amides is 2. The van der Waals surface area contributed by atoms with Crippen molar-refractivity contribution in [3.8, 4) is 5.69 Å². The molecule has 3 aromatic rings. The number of para-hydroxylation sites is 1. The molecule has 1 saturated heterocycles. The van der Waals surface area contributed by atoms with Crippen LogP contribution in [0.2, 0.25) is 0 Å². The van der Waals surface area contributed by atoms with Crippen LogP contribution in [0.1, 0.15) is 54.2 Å². The molecule has 1 aromatic heterocycles. The predicted molar refractivity (Wildman–Crippen MR) is 134 cm³/mol. The summed E-state index contributed by atoms with van der Waals surface area (Å²) >= 11 is 0. The zero-order valence-corrected chi connectivity index (χ0v) is 20.1. The van der Waals surface area contributed by atoms with Crippen molar-refractivity contribution in [1.82, 2.24) is 20.0 Å². The van der Waals surface area contributed by atoms with Crippen LogP contribution < -0.4 is 5.32 Å². The molecule has 6 heteroatoms. The molecule has 1 aliphatic rings. The van der Waals surface area contributed by atoms with Gasteiger partial charge in [-0.05, 0) is 63.1 Å². The minimum atomic E-state index is 0.0251. The molecule has 0 bridgehead atoms. The number of benzene rings is 2. The number of nitrogens with one attached hydrogen (secondary N) is 1. The van der Waals surface area contributed by atoms with Gasteiger partial charge in [0.1, 0.15) is 0 Å². The average molecular weight is 459 g/mol. The first-order valence-electron chi connectivity index (χ1n) is 12.2. The van der Waals surface area contributed by atoms with Gasteiger partial charge in [-0.3, -0.25) is 9.59 Å². The molecule has 0 aliphatic carbocycles. The summed E-state index contributed by atoms with van der Waals surface area (Å²) in [5.41, 5.74) is 3.62. The molecule has 0 radical (unpaired) electrons. The fourth-order valence-electron chi connectivity index (χ4n) is 4.59. The van der Waals surface area contributed by atoms with Gasteiger partial charge in [-0.15, -0.1) is 0 Å². The zero-order valence-electron chi connectivity index (χ0n) is 20.1. The minimum Gasteiger partial charge on any atom is -0.354 e. The number of rotatable bonds is 8. The number of aromatic nitrogens is 2. The SMILES string of the molecule is Cc1nn(-c2ccccc2)cc1C(=O)N1CCC(CC(=O)NC(C)CCc2ccccc2)CC1. The van der Waals surface area contributed by atoms with Gasteiger partial charge in [0.05, 0.1) is 16.9 Å². The summed E-state index contributed by atoms with van der Waals surface area (Å²) in [6.45, 7) is 5.30. The minimum absolute atomic E-state index is 0.0251. The first-order valence-corrected chi connectivity index (χ1v) is 12.2. The van der Waals surface area contributed by atoms with Crippen molar-refractivity contribution in [3.05, 3.63) is 83.7 Å². The third-order valence-corrected chi connectivity index (χ3v) is 6.64. The Bertz CT molecular complexity index is 1090. The highest BCUT2D eigenvalue weighted by Crippen LogP contribution is 2.23. The van der Waals surface area contributed by atoms with Gasteiger partial charge in [0.25, 0.3) is 5.91 Å². The van der Waals surface area contributed by atoms with Crippen LogP contribution in [0.25, 0.3) is 5.69 Å². The van der Waals surface area contributed by atoms with Crippen LogP contribution >= 0.6 is 0 Å². The molecule has 2 heterocycles. The molecule has 1 unspecified atom stereocenters. The lowest BCUT2D eigenvalue weighted by atomic mass is 9.92. The van der Waals surface area contributed by atoms with Gasteiger partial charge >= 0.3 is 0 Å². The summed E-state index contributed by atoms with van der Waals surface area (Å²) < 4.78 is 1.76. The van der Waals surface area contributed by atoms with Crippen molar-refractivity contribution in [1.29, 1.82) is 0 Å². The smallest absolute Gasteiger partial charge is 0.257 e. The molecule has 0 spiro atoms. The lowest BCUT2D eigenvalue weighted by molar-refractivity contribution is -0.122. The summed E-state index contributed by atoms with van der Waals surface area (Å²) in [4.78, 5) is 27.6. The van der Waals surface area contributed by atoms with Crippen LogP contribution in [0.5, 0.6) is 0 Å². The van der Waals surface area contributed by atoms with E-state index in [1.165, 1.54) is 5.56 Å². The van der Waals surface area contributed by atoms with Crippen molar-refractivity contribution in [2.75, 3.05) is 13.1 Å². The van der Waals surface area contributed by atoms with E-state index in [1.807, 2.05) is 66.6 Å². The molecule has 2 amide bonds. The molecule has 1 fully saturated rings. The van der Waals surface area contributed by atoms with Gasteiger partial charge in [-0.25, -0.2) is 4.68 Å². The average Bonchev–Trinajstić information content (AvgIpc) is 3.25. The fourth-order valence-corrected chi connectivity index (χ4v) is 4.59. The van der Waals surface area contributed by atoms with Crippen LogP contribution in [0, 0.1) is 12.8 Å². The van der Waals surface area contributed by atoms with E-state index in [0.29, 0.717) is 31.0 Å². The van der Waals surface area contributed by atoms with Gasteiger partial charge in [-0.2, -0.15) is 5.10 Å². The van der Waals surface area contributed by atoms with E-state index in [0.717, 1.165) is 37.1 Å². The van der Waals surface area contributed by atoms with E-state index in [1.54, 1.807) is 4.68 Å². The number of piperidine rings is 1.